The summed E-state index contributed by atoms with van der Waals surface area (Å²) in [7, 11) is -0.923. The fourth-order valence-electron chi connectivity index (χ4n) is 3.07. The quantitative estimate of drug-likeness (QED) is 0.902. The average Bonchev–Trinajstić information content (AvgIpc) is 2.79. The SMILES string of the molecule is CN(CC(C)(C)C(O)c1ccccc1)C1CCS(=O)(=O)C1. The molecule has 1 saturated heterocycles. The maximum absolute atomic E-state index is 11.6. The van der Waals surface area contributed by atoms with Gasteiger partial charge in [-0.25, -0.2) is 8.42 Å². The summed E-state index contributed by atoms with van der Waals surface area (Å²) >= 11 is 0. The molecule has 0 radical (unpaired) electrons. The van der Waals surface area contributed by atoms with Crippen molar-refractivity contribution in [3.63, 3.8) is 0 Å². The Labute approximate surface area is 127 Å². The number of nitrogens with zero attached hydrogens (tertiary/aromatic N) is 1. The Hall–Kier alpha value is -0.910. The zero-order valence-corrected chi connectivity index (χ0v) is 13.8. The van der Waals surface area contributed by atoms with Gasteiger partial charge >= 0.3 is 0 Å². The van der Waals surface area contributed by atoms with Crippen molar-refractivity contribution < 1.29 is 13.5 Å². The first-order chi connectivity index (χ1) is 9.71. The molecule has 5 heteroatoms. The van der Waals surface area contributed by atoms with E-state index < -0.39 is 15.9 Å². The van der Waals surface area contributed by atoms with Gasteiger partial charge in [0.2, 0.25) is 0 Å². The van der Waals surface area contributed by atoms with E-state index in [0.717, 1.165) is 5.56 Å². The summed E-state index contributed by atoms with van der Waals surface area (Å²) in [5, 5.41) is 10.6. The Morgan fingerprint density at radius 2 is 1.95 bits per heavy atom. The van der Waals surface area contributed by atoms with Crippen LogP contribution in [-0.2, 0) is 9.84 Å². The second kappa shape index (κ2) is 6.07. The van der Waals surface area contributed by atoms with Gasteiger partial charge in [0.05, 0.1) is 17.6 Å². The van der Waals surface area contributed by atoms with Gasteiger partial charge in [0.15, 0.2) is 9.84 Å². The molecule has 1 fully saturated rings. The minimum atomic E-state index is -2.87. The third-order valence-corrected chi connectivity index (χ3v) is 6.09. The predicted octanol–water partition coefficient (Wildman–Crippen LogP) is 1.87. The molecule has 2 rings (SSSR count). The molecule has 1 aromatic rings. The Kier molecular flexibility index (Phi) is 4.76. The molecule has 0 amide bonds. The highest BCUT2D eigenvalue weighted by molar-refractivity contribution is 7.91. The van der Waals surface area contributed by atoms with Gasteiger partial charge < -0.3 is 10.0 Å². The fourth-order valence-corrected chi connectivity index (χ4v) is 4.87. The molecular formula is C16H25NO3S. The number of hydrogen-bond donors (Lipinski definition) is 1. The minimum Gasteiger partial charge on any atom is -0.388 e. The molecule has 0 aromatic heterocycles. The Morgan fingerprint density at radius 1 is 1.33 bits per heavy atom. The fraction of sp³-hybridized carbons (Fsp3) is 0.625. The first-order valence-electron chi connectivity index (χ1n) is 7.35. The van der Waals surface area contributed by atoms with Gasteiger partial charge in [0.1, 0.15) is 0 Å². The molecule has 21 heavy (non-hydrogen) atoms. The lowest BCUT2D eigenvalue weighted by Crippen LogP contribution is -2.42. The van der Waals surface area contributed by atoms with Crippen LogP contribution in [0.4, 0.5) is 0 Å². The van der Waals surface area contributed by atoms with Crippen LogP contribution in [0.2, 0.25) is 0 Å². The van der Waals surface area contributed by atoms with Crippen LogP contribution in [-0.4, -0.2) is 49.6 Å². The molecule has 118 valence electrons. The number of hydrogen-bond acceptors (Lipinski definition) is 4. The zero-order valence-electron chi connectivity index (χ0n) is 13.0. The van der Waals surface area contributed by atoms with E-state index in [1.165, 1.54) is 0 Å². The van der Waals surface area contributed by atoms with E-state index >= 15 is 0 Å². The maximum Gasteiger partial charge on any atom is 0.151 e. The van der Waals surface area contributed by atoms with Crippen LogP contribution < -0.4 is 0 Å². The summed E-state index contributed by atoms with van der Waals surface area (Å²) in [6, 6.07) is 9.68. The normalized spacial score (nSPS) is 23.4. The van der Waals surface area contributed by atoms with Gasteiger partial charge in [0, 0.05) is 18.0 Å². The van der Waals surface area contributed by atoms with Crippen LogP contribution in [0.5, 0.6) is 0 Å². The number of benzene rings is 1. The first kappa shape index (κ1) is 16.5. The van der Waals surface area contributed by atoms with E-state index in [-0.39, 0.29) is 23.0 Å². The highest BCUT2D eigenvalue weighted by atomic mass is 32.2. The van der Waals surface area contributed by atoms with Crippen LogP contribution in [0.1, 0.15) is 31.9 Å². The predicted molar refractivity (Wildman–Crippen MR) is 84.9 cm³/mol. The third-order valence-electron chi connectivity index (χ3n) is 4.34. The number of aliphatic hydroxyl groups is 1. The summed E-state index contributed by atoms with van der Waals surface area (Å²) in [4.78, 5) is 2.08. The van der Waals surface area contributed by atoms with Gasteiger partial charge in [-0.3, -0.25) is 0 Å². The van der Waals surface area contributed by atoms with Crippen LogP contribution >= 0.6 is 0 Å². The second-order valence-corrected chi connectivity index (χ2v) is 9.00. The highest BCUT2D eigenvalue weighted by Crippen LogP contribution is 2.34. The zero-order chi connectivity index (χ0) is 15.7. The minimum absolute atomic E-state index is 0.0669. The van der Waals surface area contributed by atoms with Gasteiger partial charge in [-0.1, -0.05) is 44.2 Å². The molecule has 0 bridgehead atoms. The van der Waals surface area contributed by atoms with Gasteiger partial charge in [-0.2, -0.15) is 0 Å². The largest absolute Gasteiger partial charge is 0.388 e. The Morgan fingerprint density at radius 3 is 2.48 bits per heavy atom. The van der Waals surface area contributed by atoms with E-state index in [1.807, 2.05) is 51.2 Å². The van der Waals surface area contributed by atoms with Crippen molar-refractivity contribution in [3.8, 4) is 0 Å². The van der Waals surface area contributed by atoms with Crippen molar-refractivity contribution in [1.29, 1.82) is 0 Å². The molecule has 1 aliphatic heterocycles. The summed E-state index contributed by atoms with van der Waals surface area (Å²) < 4.78 is 23.2. The Balaban J connectivity index is 2.03. The van der Waals surface area contributed by atoms with Crippen molar-refractivity contribution in [3.05, 3.63) is 35.9 Å². The molecule has 1 heterocycles. The molecule has 1 aromatic carbocycles. The molecule has 0 aliphatic carbocycles. The van der Waals surface area contributed by atoms with Crippen molar-refractivity contribution >= 4 is 9.84 Å². The second-order valence-electron chi connectivity index (χ2n) is 6.77. The van der Waals surface area contributed by atoms with Crippen molar-refractivity contribution in [2.45, 2.75) is 32.4 Å². The Bertz CT molecular complexity index is 568. The van der Waals surface area contributed by atoms with E-state index in [1.54, 1.807) is 0 Å². The lowest BCUT2D eigenvalue weighted by Gasteiger charge is -2.37. The summed E-state index contributed by atoms with van der Waals surface area (Å²) in [5.74, 6) is 0.519. The monoisotopic (exact) mass is 311 g/mol. The number of aliphatic hydroxyl groups excluding tert-OH is 1. The third kappa shape index (κ3) is 4.05. The smallest absolute Gasteiger partial charge is 0.151 e. The number of rotatable bonds is 5. The van der Waals surface area contributed by atoms with Crippen LogP contribution in [0, 0.1) is 5.41 Å². The van der Waals surface area contributed by atoms with E-state index in [2.05, 4.69) is 4.90 Å². The molecule has 0 saturated carbocycles. The van der Waals surface area contributed by atoms with E-state index in [9.17, 15) is 13.5 Å². The summed E-state index contributed by atoms with van der Waals surface area (Å²) in [6.45, 7) is 4.69. The molecular weight excluding hydrogens is 286 g/mol. The van der Waals surface area contributed by atoms with Gasteiger partial charge in [-0.15, -0.1) is 0 Å². The summed E-state index contributed by atoms with van der Waals surface area (Å²) in [5.41, 5.74) is 0.553. The van der Waals surface area contributed by atoms with Gasteiger partial charge in [0.25, 0.3) is 0 Å². The van der Waals surface area contributed by atoms with Crippen molar-refractivity contribution in [2.24, 2.45) is 5.41 Å². The molecule has 0 spiro atoms. The lowest BCUT2D eigenvalue weighted by molar-refractivity contribution is 0.0190. The van der Waals surface area contributed by atoms with Gasteiger partial charge in [-0.05, 0) is 19.0 Å². The standard InChI is InChI=1S/C16H25NO3S/c1-16(2,15(18)13-7-5-4-6-8-13)12-17(3)14-9-10-21(19,20)11-14/h4-8,14-15,18H,9-12H2,1-3H3. The summed E-state index contributed by atoms with van der Waals surface area (Å²) in [6.07, 6.45) is 0.121. The molecule has 1 aliphatic rings. The lowest BCUT2D eigenvalue weighted by atomic mass is 9.82. The number of sulfone groups is 1. The first-order valence-corrected chi connectivity index (χ1v) is 9.17. The average molecular weight is 311 g/mol. The highest BCUT2D eigenvalue weighted by Gasteiger charge is 2.36. The molecule has 2 unspecified atom stereocenters. The van der Waals surface area contributed by atoms with Crippen LogP contribution in [0.15, 0.2) is 30.3 Å². The maximum atomic E-state index is 11.6. The molecule has 1 N–H and O–H groups in total. The molecule has 2 atom stereocenters. The van der Waals surface area contributed by atoms with E-state index in [0.29, 0.717) is 13.0 Å². The topological polar surface area (TPSA) is 57.6 Å². The molecule has 4 nitrogen and oxygen atoms in total. The van der Waals surface area contributed by atoms with Crippen molar-refractivity contribution in [2.75, 3.05) is 25.1 Å². The van der Waals surface area contributed by atoms with E-state index in [4.69, 9.17) is 0 Å². The van der Waals surface area contributed by atoms with Crippen LogP contribution in [0.3, 0.4) is 0 Å². The van der Waals surface area contributed by atoms with Crippen molar-refractivity contribution in [1.82, 2.24) is 4.90 Å². The van der Waals surface area contributed by atoms with Crippen LogP contribution in [0.25, 0.3) is 0 Å².